The van der Waals surface area contributed by atoms with Gasteiger partial charge in [0.25, 0.3) is 0 Å². The molecule has 0 saturated heterocycles. The van der Waals surface area contributed by atoms with E-state index in [0.717, 1.165) is 5.75 Å². The van der Waals surface area contributed by atoms with E-state index in [1.807, 2.05) is 11.8 Å². The molecule has 0 fully saturated rings. The fourth-order valence-corrected chi connectivity index (χ4v) is 3.32. The minimum atomic E-state index is 0. The molecule has 0 saturated carbocycles. The van der Waals surface area contributed by atoms with Crippen molar-refractivity contribution in [2.24, 2.45) is 0 Å². The Morgan fingerprint density at radius 1 is 0.750 bits per heavy atom. The topological polar surface area (TPSA) is 59.7 Å². The van der Waals surface area contributed by atoms with E-state index in [4.69, 9.17) is 14.0 Å². The maximum absolute atomic E-state index is 7.50. The van der Waals surface area contributed by atoms with Crippen LogP contribution < -0.4 is 0 Å². The molecule has 0 aliphatic rings. The Bertz CT molecular complexity index is 526. The maximum atomic E-state index is 7.50. The van der Waals surface area contributed by atoms with Gasteiger partial charge >= 0.3 is 33.9 Å². The molecular formula is C19H18CrO3S. The van der Waals surface area contributed by atoms with Crippen molar-refractivity contribution >= 4 is 11.8 Å². The smallest absolute Gasteiger partial charge is 0 e. The van der Waals surface area contributed by atoms with Crippen molar-refractivity contribution in [3.8, 4) is 0 Å². The molecule has 2 aromatic carbocycles. The van der Waals surface area contributed by atoms with Crippen molar-refractivity contribution < 1.29 is 31.3 Å². The summed E-state index contributed by atoms with van der Waals surface area (Å²) in [6, 6.07) is 21.5. The van der Waals surface area contributed by atoms with Crippen molar-refractivity contribution in [2.75, 3.05) is 5.75 Å². The monoisotopic (exact) mass is 378 g/mol. The molecule has 0 bridgehead atoms. The molecule has 0 unspecified atom stereocenters. The van der Waals surface area contributed by atoms with Gasteiger partial charge in [-0.25, -0.2) is 0 Å². The first kappa shape index (κ1) is 27.4. The van der Waals surface area contributed by atoms with E-state index in [1.54, 1.807) is 0 Å². The third kappa shape index (κ3) is 8.41. The summed E-state index contributed by atoms with van der Waals surface area (Å²) in [5.74, 6) is 1.11. The van der Waals surface area contributed by atoms with Gasteiger partial charge in [0.2, 0.25) is 0 Å². The van der Waals surface area contributed by atoms with Crippen LogP contribution in [-0.2, 0) is 36.1 Å². The predicted molar refractivity (Wildman–Crippen MR) is 89.3 cm³/mol. The van der Waals surface area contributed by atoms with E-state index in [1.165, 1.54) is 11.1 Å². The van der Waals surface area contributed by atoms with Gasteiger partial charge in [-0.1, -0.05) is 67.6 Å². The van der Waals surface area contributed by atoms with E-state index >= 15 is 0 Å². The summed E-state index contributed by atoms with van der Waals surface area (Å²) in [7, 11) is 0. The zero-order chi connectivity index (χ0) is 18.1. The zero-order valence-electron chi connectivity index (χ0n) is 13.5. The van der Waals surface area contributed by atoms with E-state index in [0.29, 0.717) is 0 Å². The van der Waals surface area contributed by atoms with Gasteiger partial charge in [0.05, 0.1) is 4.75 Å². The second-order valence-corrected chi connectivity index (χ2v) is 5.88. The Labute approximate surface area is 159 Å². The van der Waals surface area contributed by atoms with Gasteiger partial charge in [-0.3, -0.25) is 0 Å². The van der Waals surface area contributed by atoms with Crippen LogP contribution in [0, 0.1) is 20.0 Å². The van der Waals surface area contributed by atoms with E-state index in [2.05, 4.69) is 94.5 Å². The molecule has 0 heterocycles. The summed E-state index contributed by atoms with van der Waals surface area (Å²) in [5, 5.41) is 0. The van der Waals surface area contributed by atoms with Crippen molar-refractivity contribution in [1.29, 1.82) is 0 Å². The van der Waals surface area contributed by atoms with Crippen LogP contribution in [0.3, 0.4) is 0 Å². The van der Waals surface area contributed by atoms with Crippen LogP contribution in [0.15, 0.2) is 60.7 Å². The van der Waals surface area contributed by atoms with Gasteiger partial charge in [0.1, 0.15) is 0 Å². The van der Waals surface area contributed by atoms with Crippen LogP contribution in [0.2, 0.25) is 0 Å². The molecule has 24 heavy (non-hydrogen) atoms. The predicted octanol–water partition coefficient (Wildman–Crippen LogP) is 4.59. The molecule has 3 nitrogen and oxygen atoms in total. The number of hydrogen-bond donors (Lipinski definition) is 0. The maximum Gasteiger partial charge on any atom is 0 e. The van der Waals surface area contributed by atoms with Crippen molar-refractivity contribution in [3.63, 3.8) is 0 Å². The minimum absolute atomic E-state index is 0. The van der Waals surface area contributed by atoms with Crippen molar-refractivity contribution in [3.05, 3.63) is 91.7 Å². The summed E-state index contributed by atoms with van der Waals surface area (Å²) in [4.78, 5) is 0. The molecule has 5 heteroatoms. The Balaban J connectivity index is -0.000000569. The number of thioether (sulfide) groups is 1. The van der Waals surface area contributed by atoms with Gasteiger partial charge < -0.3 is 0 Å². The van der Waals surface area contributed by atoms with Gasteiger partial charge in [0.15, 0.2) is 0 Å². The quantitative estimate of drug-likeness (QED) is 0.567. The summed E-state index contributed by atoms with van der Waals surface area (Å²) >= 11 is 1.98. The van der Waals surface area contributed by atoms with E-state index in [-0.39, 0.29) is 22.1 Å². The third-order valence-corrected chi connectivity index (χ3v) is 4.42. The number of benzene rings is 2. The minimum Gasteiger partial charge on any atom is 0 e. The SMILES string of the molecule is CCSC(C)(c1ccccc1)c1ccccc1.[C-]#[O+].[C-]#[O+].[C-]#[O+].[Cr]. The first-order valence-electron chi connectivity index (χ1n) is 6.63. The van der Waals surface area contributed by atoms with Crippen LogP contribution >= 0.6 is 11.8 Å². The Kier molecular flexibility index (Phi) is 20.4. The molecule has 0 aliphatic carbocycles. The Hall–Kier alpha value is -1.46. The van der Waals surface area contributed by atoms with Gasteiger partial charge in [-0.05, 0) is 23.8 Å². The fraction of sp³-hybridized carbons (Fsp3) is 0.211. The summed E-state index contributed by atoms with van der Waals surface area (Å²) in [6.07, 6.45) is 0. The summed E-state index contributed by atoms with van der Waals surface area (Å²) < 4.78 is 22.6. The molecule has 0 amide bonds. The molecule has 2 aromatic rings. The van der Waals surface area contributed by atoms with Crippen LogP contribution in [0.1, 0.15) is 25.0 Å². The first-order valence-corrected chi connectivity index (χ1v) is 7.62. The van der Waals surface area contributed by atoms with Gasteiger partial charge in [-0.15, -0.1) is 11.8 Å². The van der Waals surface area contributed by atoms with E-state index in [9.17, 15) is 0 Å². The molecule has 0 aromatic heterocycles. The van der Waals surface area contributed by atoms with Gasteiger partial charge in [-0.2, -0.15) is 0 Å². The molecular weight excluding hydrogens is 360 g/mol. The summed E-state index contributed by atoms with van der Waals surface area (Å²) in [6.45, 7) is 18.0. The van der Waals surface area contributed by atoms with Gasteiger partial charge in [0, 0.05) is 17.4 Å². The molecule has 0 spiro atoms. The average Bonchev–Trinajstić information content (AvgIpc) is 2.68. The van der Waals surface area contributed by atoms with Crippen molar-refractivity contribution in [2.45, 2.75) is 18.6 Å². The van der Waals surface area contributed by atoms with Crippen LogP contribution in [-0.4, -0.2) is 5.75 Å². The first-order chi connectivity index (χ1) is 11.3. The summed E-state index contributed by atoms with van der Waals surface area (Å²) in [5.41, 5.74) is 2.75. The molecule has 0 aliphatic heterocycles. The van der Waals surface area contributed by atoms with Crippen molar-refractivity contribution in [1.82, 2.24) is 0 Å². The Morgan fingerprint density at radius 2 is 1.04 bits per heavy atom. The number of rotatable bonds is 4. The third-order valence-electron chi connectivity index (χ3n) is 3.08. The fourth-order valence-electron chi connectivity index (χ4n) is 2.13. The number of hydrogen-bond acceptors (Lipinski definition) is 1. The van der Waals surface area contributed by atoms with E-state index < -0.39 is 0 Å². The second kappa shape index (κ2) is 17.9. The molecule has 2 rings (SSSR count). The average molecular weight is 378 g/mol. The molecule has 124 valence electrons. The van der Waals surface area contributed by atoms with Crippen LogP contribution in [0.4, 0.5) is 0 Å². The molecule has 0 radical (unpaired) electrons. The largest absolute Gasteiger partial charge is 0 e. The van der Waals surface area contributed by atoms with Crippen LogP contribution in [0.5, 0.6) is 0 Å². The van der Waals surface area contributed by atoms with Crippen LogP contribution in [0.25, 0.3) is 0 Å². The standard InChI is InChI=1S/C16H18S.3CO.Cr/c1-3-17-16(2,14-10-6-4-7-11-14)15-12-8-5-9-13-15;3*1-2;/h4-13H,3H2,1-2H3;;;;. The molecule has 0 atom stereocenters. The molecule has 0 N–H and O–H groups in total. The Morgan fingerprint density at radius 3 is 1.29 bits per heavy atom. The zero-order valence-corrected chi connectivity index (χ0v) is 15.6. The second-order valence-electron chi connectivity index (χ2n) is 4.20. The normalized spacial score (nSPS) is 8.33.